The molecule has 4 saturated carbocycles. The third kappa shape index (κ3) is 4.17. The second kappa shape index (κ2) is 9.30. The molecule has 0 radical (unpaired) electrons. The summed E-state index contributed by atoms with van der Waals surface area (Å²) in [7, 11) is 0. The lowest BCUT2D eigenvalue weighted by atomic mass is 9.44. The van der Waals surface area contributed by atoms with Gasteiger partial charge in [0, 0.05) is 5.25 Å². The van der Waals surface area contributed by atoms with Crippen LogP contribution in [-0.2, 0) is 0 Å². The largest absolute Gasteiger partial charge is 0.159 e. The first-order chi connectivity index (χ1) is 14.3. The molecule has 0 bridgehead atoms. The fraction of sp³-hybridized carbons (Fsp3) is 1.00. The van der Waals surface area contributed by atoms with Gasteiger partial charge in [-0.25, -0.2) is 0 Å². The normalized spacial score (nSPS) is 46.9. The average Bonchev–Trinajstić information content (AvgIpc) is 3.05. The highest BCUT2D eigenvalue weighted by molar-refractivity contribution is 7.99. The maximum atomic E-state index is 2.76. The van der Waals surface area contributed by atoms with Crippen LogP contribution >= 0.6 is 11.8 Å². The molecule has 0 saturated heterocycles. The first kappa shape index (κ1) is 23.5. The smallest absolute Gasteiger partial charge is 0.00499 e. The van der Waals surface area contributed by atoms with E-state index in [-0.39, 0.29) is 0 Å². The zero-order valence-corrected chi connectivity index (χ0v) is 22.0. The molecule has 0 spiro atoms. The Morgan fingerprint density at radius 2 is 1.57 bits per heavy atom. The fourth-order valence-corrected chi connectivity index (χ4v) is 10.8. The van der Waals surface area contributed by atoms with E-state index in [9.17, 15) is 0 Å². The van der Waals surface area contributed by atoms with Gasteiger partial charge in [0.05, 0.1) is 0 Å². The molecule has 0 nitrogen and oxygen atoms in total. The molecule has 4 fully saturated rings. The van der Waals surface area contributed by atoms with Crippen LogP contribution < -0.4 is 0 Å². The summed E-state index contributed by atoms with van der Waals surface area (Å²) in [6, 6.07) is 0. The van der Waals surface area contributed by atoms with Crippen LogP contribution in [0.25, 0.3) is 0 Å². The number of hydrogen-bond acceptors (Lipinski definition) is 1. The van der Waals surface area contributed by atoms with E-state index in [4.69, 9.17) is 0 Å². The SMILES string of the molecule is CCS[C@H]1CC[C@@]2(C)[C@@H](CC[C@@H]3[C@@H]2CC[C@]2(C)[C@@H]([C@H](C)CCCC(C)C)CC[C@@H]32)C1. The van der Waals surface area contributed by atoms with Crippen molar-refractivity contribution in [1.29, 1.82) is 0 Å². The zero-order valence-electron chi connectivity index (χ0n) is 21.2. The highest BCUT2D eigenvalue weighted by Gasteiger charge is 2.60. The van der Waals surface area contributed by atoms with Gasteiger partial charge in [-0.2, -0.15) is 11.8 Å². The van der Waals surface area contributed by atoms with Gasteiger partial charge in [0.2, 0.25) is 0 Å². The van der Waals surface area contributed by atoms with Gasteiger partial charge in [0.25, 0.3) is 0 Å². The molecule has 0 aromatic carbocycles. The van der Waals surface area contributed by atoms with Gasteiger partial charge < -0.3 is 0 Å². The number of fused-ring (bicyclic) bond motifs is 5. The molecule has 0 aromatic rings. The zero-order chi connectivity index (χ0) is 21.5. The number of thioether (sulfide) groups is 1. The minimum Gasteiger partial charge on any atom is -0.159 e. The Balaban J connectivity index is 1.43. The quantitative estimate of drug-likeness (QED) is 0.386. The molecule has 0 aliphatic heterocycles. The Hall–Kier alpha value is 0.350. The van der Waals surface area contributed by atoms with Crippen molar-refractivity contribution in [1.82, 2.24) is 0 Å². The van der Waals surface area contributed by atoms with E-state index >= 15 is 0 Å². The number of hydrogen-bond donors (Lipinski definition) is 0. The molecule has 30 heavy (non-hydrogen) atoms. The molecule has 0 N–H and O–H groups in total. The first-order valence-corrected chi connectivity index (χ1v) is 15.0. The summed E-state index contributed by atoms with van der Waals surface area (Å²) >= 11 is 2.26. The van der Waals surface area contributed by atoms with Crippen LogP contribution in [0, 0.1) is 52.3 Å². The summed E-state index contributed by atoms with van der Waals surface area (Å²) in [6.45, 7) is 15.3. The summed E-state index contributed by atoms with van der Waals surface area (Å²) in [6.07, 6.45) is 18.3. The minimum atomic E-state index is 0.664. The van der Waals surface area contributed by atoms with Crippen LogP contribution in [0.1, 0.15) is 119 Å². The summed E-state index contributed by atoms with van der Waals surface area (Å²) in [5, 5.41) is 0.973. The van der Waals surface area contributed by atoms with Crippen LogP contribution in [0.5, 0.6) is 0 Å². The van der Waals surface area contributed by atoms with Gasteiger partial charge in [0.15, 0.2) is 0 Å². The monoisotopic (exact) mass is 432 g/mol. The van der Waals surface area contributed by atoms with Crippen LogP contribution in [-0.4, -0.2) is 11.0 Å². The fourth-order valence-electron chi connectivity index (χ4n) is 9.63. The third-order valence-electron chi connectivity index (χ3n) is 11.2. The highest BCUT2D eigenvalue weighted by Crippen LogP contribution is 2.68. The van der Waals surface area contributed by atoms with Crippen molar-refractivity contribution in [2.24, 2.45) is 52.3 Å². The van der Waals surface area contributed by atoms with Crippen LogP contribution in [0.15, 0.2) is 0 Å². The lowest BCUT2D eigenvalue weighted by Gasteiger charge is -2.61. The summed E-state index contributed by atoms with van der Waals surface area (Å²) in [5.41, 5.74) is 1.34. The lowest BCUT2D eigenvalue weighted by molar-refractivity contribution is -0.113. The summed E-state index contributed by atoms with van der Waals surface area (Å²) < 4.78 is 0. The molecular weight excluding hydrogens is 380 g/mol. The molecule has 174 valence electrons. The van der Waals surface area contributed by atoms with Gasteiger partial charge >= 0.3 is 0 Å². The molecule has 1 heteroatoms. The predicted octanol–water partition coefficient (Wildman–Crippen LogP) is 9.23. The van der Waals surface area contributed by atoms with Crippen LogP contribution in [0.3, 0.4) is 0 Å². The summed E-state index contributed by atoms with van der Waals surface area (Å²) in [5.74, 6) is 8.35. The Morgan fingerprint density at radius 3 is 2.30 bits per heavy atom. The van der Waals surface area contributed by atoms with Crippen molar-refractivity contribution in [2.45, 2.75) is 124 Å². The number of rotatable bonds is 7. The maximum absolute atomic E-state index is 2.76. The van der Waals surface area contributed by atoms with Crippen molar-refractivity contribution in [3.63, 3.8) is 0 Å². The van der Waals surface area contributed by atoms with Gasteiger partial charge in [-0.3, -0.25) is 0 Å². The molecule has 9 atom stereocenters. The lowest BCUT2D eigenvalue weighted by Crippen LogP contribution is -2.54. The van der Waals surface area contributed by atoms with E-state index in [0.717, 1.165) is 46.7 Å². The second-order valence-electron chi connectivity index (χ2n) is 13.0. The van der Waals surface area contributed by atoms with Gasteiger partial charge in [0.1, 0.15) is 0 Å². The van der Waals surface area contributed by atoms with Crippen molar-refractivity contribution in [3.05, 3.63) is 0 Å². The Morgan fingerprint density at radius 1 is 0.833 bits per heavy atom. The average molecular weight is 433 g/mol. The first-order valence-electron chi connectivity index (χ1n) is 13.9. The molecule has 0 aromatic heterocycles. The van der Waals surface area contributed by atoms with Gasteiger partial charge in [-0.1, -0.05) is 60.8 Å². The molecule has 0 amide bonds. The molecule has 4 aliphatic rings. The Bertz CT molecular complexity index is 569. The Labute approximate surface area is 193 Å². The molecular formula is C29H52S. The van der Waals surface area contributed by atoms with Crippen molar-refractivity contribution < 1.29 is 0 Å². The topological polar surface area (TPSA) is 0 Å². The maximum Gasteiger partial charge on any atom is 0.00499 e. The van der Waals surface area contributed by atoms with Crippen LogP contribution in [0.2, 0.25) is 0 Å². The van der Waals surface area contributed by atoms with Gasteiger partial charge in [-0.05, 0) is 116 Å². The molecule has 4 aliphatic carbocycles. The molecule has 4 rings (SSSR count). The van der Waals surface area contributed by atoms with Crippen molar-refractivity contribution in [2.75, 3.05) is 5.75 Å². The predicted molar refractivity (Wildman–Crippen MR) is 135 cm³/mol. The van der Waals surface area contributed by atoms with E-state index in [2.05, 4.69) is 53.3 Å². The van der Waals surface area contributed by atoms with Crippen LogP contribution in [0.4, 0.5) is 0 Å². The molecule has 0 unspecified atom stereocenters. The van der Waals surface area contributed by atoms with E-state index in [1.54, 1.807) is 38.5 Å². The second-order valence-corrected chi connectivity index (χ2v) is 14.6. The van der Waals surface area contributed by atoms with E-state index in [1.807, 2.05) is 0 Å². The van der Waals surface area contributed by atoms with Crippen molar-refractivity contribution >= 4 is 11.8 Å². The van der Waals surface area contributed by atoms with E-state index < -0.39 is 0 Å². The van der Waals surface area contributed by atoms with Gasteiger partial charge in [-0.15, -0.1) is 0 Å². The third-order valence-corrected chi connectivity index (χ3v) is 12.5. The Kier molecular flexibility index (Phi) is 7.29. The summed E-state index contributed by atoms with van der Waals surface area (Å²) in [4.78, 5) is 0. The van der Waals surface area contributed by atoms with E-state index in [0.29, 0.717) is 10.8 Å². The minimum absolute atomic E-state index is 0.664. The molecule has 0 heterocycles. The van der Waals surface area contributed by atoms with E-state index in [1.165, 1.54) is 44.3 Å². The van der Waals surface area contributed by atoms with Crippen molar-refractivity contribution in [3.8, 4) is 0 Å². The standard InChI is InChI=1S/C29H52S/c1-7-30-23-15-17-28(5)22(19-23)11-12-24-26-14-13-25(21(4)10-8-9-20(2)3)29(26,6)18-16-27(24)28/h20-27H,7-19H2,1-6H3/t21-,22+,23+,24+,25-,26+,27+,28+,29-/m1/s1. The highest BCUT2D eigenvalue weighted by atomic mass is 32.2.